The van der Waals surface area contributed by atoms with Gasteiger partial charge in [0.1, 0.15) is 5.76 Å². The van der Waals surface area contributed by atoms with E-state index in [0.29, 0.717) is 0 Å². The van der Waals surface area contributed by atoms with Crippen molar-refractivity contribution in [2.24, 2.45) is 0 Å². The highest BCUT2D eigenvalue weighted by atomic mass is 32.2. The lowest BCUT2D eigenvalue weighted by Gasteiger charge is -2.11. The molecule has 0 spiro atoms. The maximum atomic E-state index is 5.17. The second-order valence-electron chi connectivity index (χ2n) is 2.14. The van der Waals surface area contributed by atoms with Crippen LogP contribution in [0, 0.1) is 0 Å². The van der Waals surface area contributed by atoms with Crippen molar-refractivity contribution in [1.82, 2.24) is 0 Å². The Labute approximate surface area is 66.1 Å². The van der Waals surface area contributed by atoms with Gasteiger partial charge in [-0.2, -0.15) is 0 Å². The van der Waals surface area contributed by atoms with Gasteiger partial charge in [-0.25, -0.2) is 0 Å². The molecule has 0 fully saturated rings. The Kier molecular flexibility index (Phi) is 2.87. The first kappa shape index (κ1) is 7.73. The van der Waals surface area contributed by atoms with Crippen molar-refractivity contribution < 1.29 is 4.74 Å². The number of thioether (sulfide) groups is 1. The topological polar surface area (TPSA) is 9.23 Å². The van der Waals surface area contributed by atoms with Crippen LogP contribution >= 0.6 is 11.8 Å². The second kappa shape index (κ2) is 3.71. The van der Waals surface area contributed by atoms with Crippen molar-refractivity contribution in [3.8, 4) is 0 Å². The molecule has 0 saturated carbocycles. The van der Waals surface area contributed by atoms with Crippen LogP contribution in [0.1, 0.15) is 12.8 Å². The first-order valence-corrected chi connectivity index (χ1v) is 4.58. The number of hydrogen-bond acceptors (Lipinski definition) is 2. The van der Waals surface area contributed by atoms with Crippen LogP contribution in [0.15, 0.2) is 22.8 Å². The highest BCUT2D eigenvalue weighted by Crippen LogP contribution is 2.27. The van der Waals surface area contributed by atoms with Crippen LogP contribution < -0.4 is 0 Å². The summed E-state index contributed by atoms with van der Waals surface area (Å²) in [7, 11) is 1.72. The fraction of sp³-hybridized carbons (Fsp3) is 0.500. The van der Waals surface area contributed by atoms with E-state index in [1.807, 2.05) is 0 Å². The van der Waals surface area contributed by atoms with E-state index in [-0.39, 0.29) is 0 Å². The Morgan fingerprint density at radius 2 is 2.40 bits per heavy atom. The van der Waals surface area contributed by atoms with Crippen LogP contribution in [0.25, 0.3) is 0 Å². The summed E-state index contributed by atoms with van der Waals surface area (Å²) < 4.78 is 5.17. The summed E-state index contributed by atoms with van der Waals surface area (Å²) in [6.45, 7) is 0. The fourth-order valence-electron chi connectivity index (χ4n) is 1.01. The summed E-state index contributed by atoms with van der Waals surface area (Å²) in [6, 6.07) is 0. The van der Waals surface area contributed by atoms with Crippen LogP contribution in [0.4, 0.5) is 0 Å². The predicted molar refractivity (Wildman–Crippen MR) is 45.9 cm³/mol. The number of ether oxygens (including phenoxy) is 1. The number of allylic oxidation sites excluding steroid dienone is 3. The third-order valence-electron chi connectivity index (χ3n) is 1.55. The SMILES string of the molecule is COC1=C(SC)CCC=C1. The molecule has 0 aromatic heterocycles. The summed E-state index contributed by atoms with van der Waals surface area (Å²) in [5.41, 5.74) is 0. The summed E-state index contributed by atoms with van der Waals surface area (Å²) >= 11 is 1.78. The summed E-state index contributed by atoms with van der Waals surface area (Å²) in [6.07, 6.45) is 8.59. The molecule has 0 atom stereocenters. The number of hydrogen-bond donors (Lipinski definition) is 0. The van der Waals surface area contributed by atoms with Crippen LogP contribution in [-0.4, -0.2) is 13.4 Å². The maximum absolute atomic E-state index is 5.17. The van der Waals surface area contributed by atoms with E-state index in [0.717, 1.165) is 18.6 Å². The normalized spacial score (nSPS) is 17.8. The molecule has 0 amide bonds. The smallest absolute Gasteiger partial charge is 0.128 e. The van der Waals surface area contributed by atoms with Gasteiger partial charge >= 0.3 is 0 Å². The Bertz CT molecular complexity index is 170. The van der Waals surface area contributed by atoms with E-state index >= 15 is 0 Å². The van der Waals surface area contributed by atoms with Crippen molar-refractivity contribution in [2.75, 3.05) is 13.4 Å². The third-order valence-corrected chi connectivity index (χ3v) is 2.45. The largest absolute Gasteiger partial charge is 0.496 e. The summed E-state index contributed by atoms with van der Waals surface area (Å²) in [5.74, 6) is 1.04. The third kappa shape index (κ3) is 1.57. The summed E-state index contributed by atoms with van der Waals surface area (Å²) in [5, 5.41) is 0. The zero-order chi connectivity index (χ0) is 7.40. The lowest BCUT2D eigenvalue weighted by atomic mass is 10.2. The molecule has 10 heavy (non-hydrogen) atoms. The van der Waals surface area contributed by atoms with Gasteiger partial charge in [0, 0.05) is 4.91 Å². The molecule has 56 valence electrons. The fourth-order valence-corrected chi connectivity index (χ4v) is 1.68. The van der Waals surface area contributed by atoms with E-state index in [9.17, 15) is 0 Å². The van der Waals surface area contributed by atoms with Crippen LogP contribution in [0.2, 0.25) is 0 Å². The van der Waals surface area contributed by atoms with Gasteiger partial charge in [-0.3, -0.25) is 0 Å². The molecule has 0 saturated heterocycles. The molecule has 1 rings (SSSR count). The highest BCUT2D eigenvalue weighted by Gasteiger charge is 2.05. The van der Waals surface area contributed by atoms with E-state index in [4.69, 9.17) is 4.74 Å². The molecule has 2 heteroatoms. The van der Waals surface area contributed by atoms with Crippen molar-refractivity contribution >= 4 is 11.8 Å². The van der Waals surface area contributed by atoms with Gasteiger partial charge in [-0.05, 0) is 25.2 Å². The van der Waals surface area contributed by atoms with Gasteiger partial charge in [0.15, 0.2) is 0 Å². The standard InChI is InChI=1S/C8H12OS/c1-9-7-5-3-4-6-8(7)10-2/h3,5H,4,6H2,1-2H3. The van der Waals surface area contributed by atoms with Crippen molar-refractivity contribution in [1.29, 1.82) is 0 Å². The lowest BCUT2D eigenvalue weighted by Crippen LogP contribution is -1.92. The Balaban J connectivity index is 2.73. The van der Waals surface area contributed by atoms with Gasteiger partial charge in [0.2, 0.25) is 0 Å². The second-order valence-corrected chi connectivity index (χ2v) is 3.04. The van der Waals surface area contributed by atoms with E-state index < -0.39 is 0 Å². The number of methoxy groups -OCH3 is 1. The van der Waals surface area contributed by atoms with Crippen LogP contribution in [0.3, 0.4) is 0 Å². The molecule has 0 aromatic carbocycles. The first-order chi connectivity index (χ1) is 4.88. The van der Waals surface area contributed by atoms with Gasteiger partial charge in [-0.1, -0.05) is 6.08 Å². The van der Waals surface area contributed by atoms with Gasteiger partial charge < -0.3 is 4.74 Å². The van der Waals surface area contributed by atoms with Gasteiger partial charge in [0.25, 0.3) is 0 Å². The Morgan fingerprint density at radius 3 is 2.90 bits per heavy atom. The molecule has 1 nitrogen and oxygen atoms in total. The highest BCUT2D eigenvalue weighted by molar-refractivity contribution is 8.02. The Hall–Kier alpha value is -0.370. The van der Waals surface area contributed by atoms with Gasteiger partial charge in [0.05, 0.1) is 7.11 Å². The molecule has 0 aliphatic heterocycles. The lowest BCUT2D eigenvalue weighted by molar-refractivity contribution is 0.302. The molecule has 0 heterocycles. The summed E-state index contributed by atoms with van der Waals surface area (Å²) in [4.78, 5) is 1.37. The molecule has 1 aliphatic rings. The van der Waals surface area contributed by atoms with Crippen LogP contribution in [-0.2, 0) is 4.74 Å². The van der Waals surface area contributed by atoms with Crippen molar-refractivity contribution in [3.05, 3.63) is 22.8 Å². The molecule has 0 bridgehead atoms. The first-order valence-electron chi connectivity index (χ1n) is 3.36. The van der Waals surface area contributed by atoms with E-state index in [1.165, 1.54) is 4.91 Å². The predicted octanol–water partition coefficient (Wildman–Crippen LogP) is 2.56. The molecule has 0 unspecified atom stereocenters. The average molecular weight is 156 g/mol. The van der Waals surface area contributed by atoms with Gasteiger partial charge in [-0.15, -0.1) is 11.8 Å². The van der Waals surface area contributed by atoms with E-state index in [1.54, 1.807) is 18.9 Å². The number of rotatable bonds is 2. The average Bonchev–Trinajstić information content (AvgIpc) is 2.04. The Morgan fingerprint density at radius 1 is 1.60 bits per heavy atom. The van der Waals surface area contributed by atoms with Crippen LogP contribution in [0.5, 0.6) is 0 Å². The monoisotopic (exact) mass is 156 g/mol. The zero-order valence-electron chi connectivity index (χ0n) is 6.39. The molecular formula is C8H12OS. The minimum absolute atomic E-state index is 1.04. The maximum Gasteiger partial charge on any atom is 0.128 e. The molecule has 0 N–H and O–H groups in total. The zero-order valence-corrected chi connectivity index (χ0v) is 7.20. The van der Waals surface area contributed by atoms with Crippen molar-refractivity contribution in [3.63, 3.8) is 0 Å². The minimum Gasteiger partial charge on any atom is -0.496 e. The molecular weight excluding hydrogens is 144 g/mol. The molecule has 1 aliphatic carbocycles. The minimum atomic E-state index is 1.04. The van der Waals surface area contributed by atoms with E-state index in [2.05, 4.69) is 18.4 Å². The quantitative estimate of drug-likeness (QED) is 0.607. The molecule has 0 radical (unpaired) electrons. The molecule has 0 aromatic rings. The van der Waals surface area contributed by atoms with Crippen molar-refractivity contribution in [2.45, 2.75) is 12.8 Å².